The molecule has 0 saturated carbocycles. The molecule has 11 heteroatoms. The van der Waals surface area contributed by atoms with Crippen LogP contribution < -0.4 is 20.3 Å². The third-order valence-corrected chi connectivity index (χ3v) is 5.94. The summed E-state index contributed by atoms with van der Waals surface area (Å²) in [5.41, 5.74) is 0.697. The first kappa shape index (κ1) is 20.5. The van der Waals surface area contributed by atoms with Crippen molar-refractivity contribution in [2.24, 2.45) is 0 Å². The van der Waals surface area contributed by atoms with Crippen LogP contribution in [0.4, 0.5) is 10.8 Å². The van der Waals surface area contributed by atoms with Crippen molar-refractivity contribution in [3.63, 3.8) is 0 Å². The Hall–Kier alpha value is -2.21. The summed E-state index contributed by atoms with van der Waals surface area (Å²) in [5.74, 6) is 0.687. The largest absolute Gasteiger partial charge is 0.497 e. The van der Waals surface area contributed by atoms with Crippen LogP contribution in [0.1, 0.15) is 0 Å². The number of rotatable bonds is 8. The summed E-state index contributed by atoms with van der Waals surface area (Å²) in [6, 6.07) is 7.11. The molecule has 1 saturated heterocycles. The molecule has 0 atom stereocenters. The molecule has 28 heavy (non-hydrogen) atoms. The van der Waals surface area contributed by atoms with Crippen LogP contribution in [-0.2, 0) is 14.3 Å². The topological polar surface area (TPSA) is 107 Å². The molecule has 3 rings (SSSR count). The van der Waals surface area contributed by atoms with E-state index < -0.39 is 0 Å². The molecule has 3 N–H and O–H groups in total. The van der Waals surface area contributed by atoms with E-state index in [0.717, 1.165) is 18.8 Å². The van der Waals surface area contributed by atoms with Crippen molar-refractivity contribution in [1.82, 2.24) is 10.2 Å². The lowest BCUT2D eigenvalue weighted by Crippen LogP contribution is -3.15. The minimum absolute atomic E-state index is 0.0955. The number of thioether (sulfide) groups is 1. The molecule has 1 aromatic heterocycles. The zero-order chi connectivity index (χ0) is 19.8. The van der Waals surface area contributed by atoms with Crippen molar-refractivity contribution >= 4 is 45.7 Å². The summed E-state index contributed by atoms with van der Waals surface area (Å²) in [5, 5.41) is 14.0. The Morgan fingerprint density at radius 2 is 1.93 bits per heavy atom. The first-order valence-corrected chi connectivity index (χ1v) is 10.5. The second kappa shape index (κ2) is 10.4. The maximum Gasteiger partial charge on any atom is 0.281 e. The van der Waals surface area contributed by atoms with Crippen molar-refractivity contribution in [3.05, 3.63) is 24.3 Å². The molecule has 0 bridgehead atoms. The number of anilines is 2. The highest BCUT2D eigenvalue weighted by Crippen LogP contribution is 2.25. The van der Waals surface area contributed by atoms with Crippen molar-refractivity contribution in [2.45, 2.75) is 4.34 Å². The number of ether oxygens (including phenoxy) is 2. The van der Waals surface area contributed by atoms with Crippen LogP contribution >= 0.6 is 23.1 Å². The number of nitrogens with one attached hydrogen (secondary N) is 3. The Balaban J connectivity index is 1.40. The second-order valence-corrected chi connectivity index (χ2v) is 8.23. The number of carbonyl (C=O) groups is 2. The minimum Gasteiger partial charge on any atom is -0.497 e. The van der Waals surface area contributed by atoms with Crippen LogP contribution in [0.15, 0.2) is 28.6 Å². The molecular formula is C17H22N5O4S2+. The predicted molar refractivity (Wildman–Crippen MR) is 107 cm³/mol. The molecule has 1 aliphatic rings. The summed E-state index contributed by atoms with van der Waals surface area (Å²) in [4.78, 5) is 25.3. The van der Waals surface area contributed by atoms with Crippen molar-refractivity contribution in [2.75, 3.05) is 56.3 Å². The van der Waals surface area contributed by atoms with E-state index in [1.165, 1.54) is 28.0 Å². The monoisotopic (exact) mass is 424 g/mol. The molecule has 0 unspecified atom stereocenters. The molecule has 2 aromatic rings. The first-order valence-electron chi connectivity index (χ1n) is 8.74. The molecule has 0 radical (unpaired) electrons. The van der Waals surface area contributed by atoms with Crippen LogP contribution in [0.25, 0.3) is 0 Å². The van der Waals surface area contributed by atoms with Crippen molar-refractivity contribution < 1.29 is 24.0 Å². The number of quaternary nitrogens is 1. The van der Waals surface area contributed by atoms with E-state index in [-0.39, 0.29) is 17.6 Å². The number of aromatic nitrogens is 2. The van der Waals surface area contributed by atoms with Gasteiger partial charge in [-0.15, -0.1) is 10.2 Å². The summed E-state index contributed by atoms with van der Waals surface area (Å²) in [7, 11) is 1.59. The SMILES string of the molecule is COc1ccc(NC(=O)CSc2nnc(NC(=O)C[NH+]3CCOCC3)s2)cc1. The van der Waals surface area contributed by atoms with Gasteiger partial charge >= 0.3 is 0 Å². The van der Waals surface area contributed by atoms with Crippen LogP contribution in [-0.4, -0.2) is 67.7 Å². The van der Waals surface area contributed by atoms with Crippen LogP contribution in [0.2, 0.25) is 0 Å². The number of morpholine rings is 1. The number of nitrogens with zero attached hydrogens (tertiary/aromatic N) is 2. The van der Waals surface area contributed by atoms with Gasteiger partial charge in [0, 0.05) is 5.69 Å². The molecule has 1 aliphatic heterocycles. The van der Waals surface area contributed by atoms with Gasteiger partial charge in [0.2, 0.25) is 11.0 Å². The van der Waals surface area contributed by atoms with Crippen LogP contribution in [0.5, 0.6) is 5.75 Å². The molecule has 150 valence electrons. The van der Waals surface area contributed by atoms with E-state index in [0.29, 0.717) is 34.9 Å². The second-order valence-electron chi connectivity index (χ2n) is 6.03. The number of hydrogen-bond donors (Lipinski definition) is 3. The predicted octanol–water partition coefficient (Wildman–Crippen LogP) is 0.131. The fourth-order valence-electron chi connectivity index (χ4n) is 2.54. The fraction of sp³-hybridized carbons (Fsp3) is 0.412. The van der Waals surface area contributed by atoms with Crippen molar-refractivity contribution in [3.8, 4) is 5.75 Å². The van der Waals surface area contributed by atoms with Gasteiger partial charge in [0.05, 0.1) is 26.1 Å². The molecule has 0 aliphatic carbocycles. The molecule has 0 spiro atoms. The van der Waals surface area contributed by atoms with E-state index in [4.69, 9.17) is 9.47 Å². The third kappa shape index (κ3) is 6.44. The summed E-state index contributed by atoms with van der Waals surface area (Å²) in [6.07, 6.45) is 0. The standard InChI is InChI=1S/C17H21N5O4S2/c1-25-13-4-2-12(3-5-13)18-15(24)11-27-17-21-20-16(28-17)19-14(23)10-22-6-8-26-9-7-22/h2-5H,6-11H2,1H3,(H,18,24)(H,19,20,23)/p+1. The maximum absolute atomic E-state index is 12.1. The first-order chi connectivity index (χ1) is 13.6. The molecule has 2 heterocycles. The third-order valence-electron chi connectivity index (χ3n) is 3.96. The van der Waals surface area contributed by atoms with Gasteiger partial charge in [-0.05, 0) is 24.3 Å². The molecular weight excluding hydrogens is 402 g/mol. The minimum atomic E-state index is -0.146. The van der Waals surface area contributed by atoms with Gasteiger partial charge in [0.25, 0.3) is 5.91 Å². The number of methoxy groups -OCH3 is 1. The maximum atomic E-state index is 12.1. The number of amides is 2. The van der Waals surface area contributed by atoms with Gasteiger partial charge in [-0.2, -0.15) is 0 Å². The summed E-state index contributed by atoms with van der Waals surface area (Å²) in [6.45, 7) is 3.40. The van der Waals surface area contributed by atoms with Gasteiger partial charge in [0.1, 0.15) is 18.8 Å². The average Bonchev–Trinajstić information content (AvgIpc) is 3.15. The molecule has 1 aromatic carbocycles. The highest BCUT2D eigenvalue weighted by Gasteiger charge is 2.19. The summed E-state index contributed by atoms with van der Waals surface area (Å²) >= 11 is 2.53. The highest BCUT2D eigenvalue weighted by molar-refractivity contribution is 8.01. The number of carbonyl (C=O) groups excluding carboxylic acids is 2. The average molecular weight is 425 g/mol. The Morgan fingerprint density at radius 3 is 2.64 bits per heavy atom. The van der Waals surface area contributed by atoms with E-state index in [1.807, 2.05) is 0 Å². The quantitative estimate of drug-likeness (QED) is 0.409. The fourth-order valence-corrected chi connectivity index (χ4v) is 4.11. The molecule has 9 nitrogen and oxygen atoms in total. The lowest BCUT2D eigenvalue weighted by Gasteiger charge is -2.22. The van der Waals surface area contributed by atoms with E-state index in [2.05, 4.69) is 20.8 Å². The van der Waals surface area contributed by atoms with E-state index in [9.17, 15) is 9.59 Å². The lowest BCUT2D eigenvalue weighted by molar-refractivity contribution is -0.899. The molecule has 2 amide bonds. The Morgan fingerprint density at radius 1 is 1.18 bits per heavy atom. The van der Waals surface area contributed by atoms with Gasteiger partial charge < -0.3 is 19.7 Å². The smallest absolute Gasteiger partial charge is 0.281 e. The zero-order valence-corrected chi connectivity index (χ0v) is 17.0. The Kier molecular flexibility index (Phi) is 7.60. The normalized spacial score (nSPS) is 14.5. The van der Waals surface area contributed by atoms with Crippen molar-refractivity contribution in [1.29, 1.82) is 0 Å². The van der Waals surface area contributed by atoms with Gasteiger partial charge in [-0.3, -0.25) is 14.9 Å². The number of hydrogen-bond acceptors (Lipinski definition) is 8. The zero-order valence-electron chi connectivity index (χ0n) is 15.4. The highest BCUT2D eigenvalue weighted by atomic mass is 32.2. The van der Waals surface area contributed by atoms with Gasteiger partial charge in [-0.25, -0.2) is 0 Å². The lowest BCUT2D eigenvalue weighted by atomic mass is 10.3. The van der Waals surface area contributed by atoms with E-state index in [1.54, 1.807) is 31.4 Å². The Bertz CT molecular complexity index is 793. The molecule has 1 fully saturated rings. The van der Waals surface area contributed by atoms with Gasteiger partial charge in [0.15, 0.2) is 10.9 Å². The van der Waals surface area contributed by atoms with Crippen LogP contribution in [0, 0.1) is 0 Å². The Labute approximate surface area is 170 Å². The van der Waals surface area contributed by atoms with E-state index >= 15 is 0 Å². The number of benzene rings is 1. The van der Waals surface area contributed by atoms with Gasteiger partial charge in [-0.1, -0.05) is 23.1 Å². The summed E-state index contributed by atoms with van der Waals surface area (Å²) < 4.78 is 11.0. The van der Waals surface area contributed by atoms with Crippen LogP contribution in [0.3, 0.4) is 0 Å².